The highest BCUT2D eigenvalue weighted by atomic mass is 16.5. The van der Waals surface area contributed by atoms with Crippen molar-refractivity contribution in [2.24, 2.45) is 5.92 Å². The lowest BCUT2D eigenvalue weighted by molar-refractivity contribution is -0.126. The van der Waals surface area contributed by atoms with Gasteiger partial charge in [-0.15, -0.1) is 0 Å². The Morgan fingerprint density at radius 2 is 2.05 bits per heavy atom. The molecule has 1 aliphatic heterocycles. The average molecular weight is 285 g/mol. The van der Waals surface area contributed by atoms with Crippen LogP contribution in [-0.4, -0.2) is 55.2 Å². The first-order valence-electron chi connectivity index (χ1n) is 7.78. The largest absolute Gasteiger partial charge is 0.374 e. The van der Waals surface area contributed by atoms with Gasteiger partial charge in [0.05, 0.1) is 18.8 Å². The lowest BCUT2D eigenvalue weighted by Gasteiger charge is -2.28. The molecule has 0 bridgehead atoms. The van der Waals surface area contributed by atoms with Gasteiger partial charge in [-0.1, -0.05) is 13.8 Å². The molecule has 0 radical (unpaired) electrons. The fraction of sp³-hybridized carbons (Fsp3) is 0.938. The number of likely N-dealkylation sites (tertiary alicyclic amines) is 1. The van der Waals surface area contributed by atoms with Crippen molar-refractivity contribution in [2.45, 2.75) is 59.1 Å². The van der Waals surface area contributed by atoms with E-state index in [1.54, 1.807) is 0 Å². The highest BCUT2D eigenvalue weighted by Crippen LogP contribution is 2.19. The lowest BCUT2D eigenvalue weighted by Crippen LogP contribution is -2.38. The van der Waals surface area contributed by atoms with Crippen molar-refractivity contribution in [3.05, 3.63) is 0 Å². The summed E-state index contributed by atoms with van der Waals surface area (Å²) in [5, 5.41) is 0. The number of ketones is 1. The number of carbonyl (C=O) groups is 1. The van der Waals surface area contributed by atoms with E-state index in [2.05, 4.69) is 25.7 Å². The fourth-order valence-electron chi connectivity index (χ4n) is 2.25. The molecule has 0 aromatic heterocycles. The van der Waals surface area contributed by atoms with Crippen molar-refractivity contribution in [1.82, 2.24) is 4.90 Å². The molecule has 1 fully saturated rings. The van der Waals surface area contributed by atoms with Crippen LogP contribution in [0, 0.1) is 5.92 Å². The van der Waals surface area contributed by atoms with Gasteiger partial charge in [-0.2, -0.15) is 0 Å². The van der Waals surface area contributed by atoms with Crippen molar-refractivity contribution in [2.75, 3.05) is 32.9 Å². The summed E-state index contributed by atoms with van der Waals surface area (Å²) in [4.78, 5) is 13.9. The van der Waals surface area contributed by atoms with E-state index in [0.29, 0.717) is 12.6 Å². The van der Waals surface area contributed by atoms with Crippen molar-refractivity contribution >= 4 is 5.78 Å². The summed E-state index contributed by atoms with van der Waals surface area (Å²) >= 11 is 0. The van der Waals surface area contributed by atoms with E-state index in [9.17, 15) is 4.79 Å². The van der Waals surface area contributed by atoms with Gasteiger partial charge in [0, 0.05) is 18.5 Å². The van der Waals surface area contributed by atoms with Gasteiger partial charge in [0.15, 0.2) is 5.78 Å². The number of carbonyl (C=O) groups excluding carboxylic acids is 1. The minimum Gasteiger partial charge on any atom is -0.374 e. The third-order valence-corrected chi connectivity index (χ3v) is 3.62. The van der Waals surface area contributed by atoms with Gasteiger partial charge in [0.25, 0.3) is 0 Å². The molecule has 0 spiro atoms. The van der Waals surface area contributed by atoms with Gasteiger partial charge in [-0.05, 0) is 40.2 Å². The van der Waals surface area contributed by atoms with Crippen LogP contribution in [-0.2, 0) is 14.3 Å². The predicted octanol–water partition coefficient (Wildman–Crippen LogP) is 2.51. The molecular formula is C16H31NO3. The van der Waals surface area contributed by atoms with Crippen LogP contribution in [0.1, 0.15) is 47.5 Å². The number of ether oxygens (including phenoxy) is 2. The molecule has 0 amide bonds. The molecule has 0 aromatic rings. The molecule has 4 nitrogen and oxygen atoms in total. The molecule has 20 heavy (non-hydrogen) atoms. The van der Waals surface area contributed by atoms with Crippen LogP contribution in [0.2, 0.25) is 0 Å². The van der Waals surface area contributed by atoms with Crippen LogP contribution in [0.25, 0.3) is 0 Å². The zero-order chi connectivity index (χ0) is 15.2. The fourth-order valence-corrected chi connectivity index (χ4v) is 2.25. The van der Waals surface area contributed by atoms with Crippen molar-refractivity contribution in [3.8, 4) is 0 Å². The third-order valence-electron chi connectivity index (χ3n) is 3.62. The molecule has 0 N–H and O–H groups in total. The SMILES string of the molecule is CC(C)C(=O)COCCN1CCC[C@H]1COC(C)(C)C. The molecule has 0 aliphatic carbocycles. The predicted molar refractivity (Wildman–Crippen MR) is 81.0 cm³/mol. The first-order valence-corrected chi connectivity index (χ1v) is 7.78. The Morgan fingerprint density at radius 3 is 2.65 bits per heavy atom. The van der Waals surface area contributed by atoms with Crippen LogP contribution in [0.5, 0.6) is 0 Å². The minimum absolute atomic E-state index is 0.0646. The van der Waals surface area contributed by atoms with Crippen LogP contribution in [0.4, 0.5) is 0 Å². The molecule has 1 rings (SSSR count). The molecule has 1 saturated heterocycles. The van der Waals surface area contributed by atoms with E-state index >= 15 is 0 Å². The Balaban J connectivity index is 2.20. The van der Waals surface area contributed by atoms with Gasteiger partial charge in [-0.3, -0.25) is 9.69 Å². The Hall–Kier alpha value is -0.450. The normalized spacial score (nSPS) is 20.8. The quantitative estimate of drug-likeness (QED) is 0.642. The average Bonchev–Trinajstić information content (AvgIpc) is 2.78. The summed E-state index contributed by atoms with van der Waals surface area (Å²) in [6.07, 6.45) is 2.42. The summed E-state index contributed by atoms with van der Waals surface area (Å²) in [6, 6.07) is 0.499. The van der Waals surface area contributed by atoms with E-state index in [1.807, 2.05) is 13.8 Å². The van der Waals surface area contributed by atoms with Crippen molar-refractivity contribution in [3.63, 3.8) is 0 Å². The maximum atomic E-state index is 11.5. The van der Waals surface area contributed by atoms with E-state index in [0.717, 1.165) is 19.7 Å². The van der Waals surface area contributed by atoms with Crippen LogP contribution in [0.15, 0.2) is 0 Å². The molecule has 0 saturated carbocycles. The maximum Gasteiger partial charge on any atom is 0.160 e. The van der Waals surface area contributed by atoms with Gasteiger partial charge in [-0.25, -0.2) is 0 Å². The molecule has 4 heteroatoms. The van der Waals surface area contributed by atoms with Gasteiger partial charge < -0.3 is 9.47 Å². The van der Waals surface area contributed by atoms with Crippen LogP contribution in [0.3, 0.4) is 0 Å². The molecule has 0 aromatic carbocycles. The first kappa shape index (κ1) is 17.6. The summed E-state index contributed by atoms with van der Waals surface area (Å²) in [5.74, 6) is 0.244. The Bertz CT molecular complexity index is 297. The van der Waals surface area contributed by atoms with Crippen molar-refractivity contribution < 1.29 is 14.3 Å². The van der Waals surface area contributed by atoms with Crippen LogP contribution >= 0.6 is 0 Å². The first-order chi connectivity index (χ1) is 9.29. The molecule has 118 valence electrons. The van der Waals surface area contributed by atoms with E-state index in [4.69, 9.17) is 9.47 Å². The van der Waals surface area contributed by atoms with E-state index in [-0.39, 0.29) is 23.9 Å². The smallest absolute Gasteiger partial charge is 0.160 e. The second kappa shape index (κ2) is 8.11. The summed E-state index contributed by atoms with van der Waals surface area (Å²) < 4.78 is 11.4. The van der Waals surface area contributed by atoms with Gasteiger partial charge in [0.1, 0.15) is 6.61 Å². The summed E-state index contributed by atoms with van der Waals surface area (Å²) in [7, 11) is 0. The molecule has 1 heterocycles. The second-order valence-electron chi connectivity index (χ2n) is 6.93. The highest BCUT2D eigenvalue weighted by Gasteiger charge is 2.26. The zero-order valence-corrected chi connectivity index (χ0v) is 13.8. The topological polar surface area (TPSA) is 38.8 Å². The number of Topliss-reactive ketones (excluding diaryl/α,β-unsaturated/α-hetero) is 1. The zero-order valence-electron chi connectivity index (χ0n) is 13.8. The molecule has 0 unspecified atom stereocenters. The second-order valence-corrected chi connectivity index (χ2v) is 6.93. The highest BCUT2D eigenvalue weighted by molar-refractivity contribution is 5.81. The lowest BCUT2D eigenvalue weighted by atomic mass is 10.1. The molecular weight excluding hydrogens is 254 g/mol. The Morgan fingerprint density at radius 1 is 1.35 bits per heavy atom. The number of hydrogen-bond donors (Lipinski definition) is 0. The van der Waals surface area contributed by atoms with Gasteiger partial charge >= 0.3 is 0 Å². The number of nitrogens with zero attached hydrogens (tertiary/aromatic N) is 1. The number of hydrogen-bond acceptors (Lipinski definition) is 4. The third kappa shape index (κ3) is 6.82. The van der Waals surface area contributed by atoms with Gasteiger partial charge in [0.2, 0.25) is 0 Å². The number of rotatable bonds is 8. The standard InChI is InChI=1S/C16H31NO3/c1-13(2)15(18)12-19-10-9-17-8-6-7-14(17)11-20-16(3,4)5/h13-14H,6-12H2,1-5H3/t14-/m0/s1. The molecule has 1 aliphatic rings. The van der Waals surface area contributed by atoms with E-state index in [1.165, 1.54) is 12.8 Å². The van der Waals surface area contributed by atoms with E-state index < -0.39 is 0 Å². The Kier molecular flexibility index (Phi) is 7.13. The molecule has 1 atom stereocenters. The van der Waals surface area contributed by atoms with Crippen LogP contribution < -0.4 is 0 Å². The minimum atomic E-state index is -0.0750. The van der Waals surface area contributed by atoms with Crippen molar-refractivity contribution in [1.29, 1.82) is 0 Å². The monoisotopic (exact) mass is 285 g/mol. The Labute approximate surface area is 123 Å². The maximum absolute atomic E-state index is 11.5. The summed E-state index contributed by atoms with van der Waals surface area (Å²) in [6.45, 7) is 13.8. The summed E-state index contributed by atoms with van der Waals surface area (Å²) in [5.41, 5.74) is -0.0750.